The second-order valence-corrected chi connectivity index (χ2v) is 5.77. The first kappa shape index (κ1) is 18.6. The molecule has 0 radical (unpaired) electrons. The molecule has 0 heterocycles. The van der Waals surface area contributed by atoms with Gasteiger partial charge < -0.3 is 14.8 Å². The maximum atomic E-state index is 12.1. The Bertz CT molecular complexity index is 924. The van der Waals surface area contributed by atoms with Crippen molar-refractivity contribution < 1.29 is 27.4 Å². The van der Waals surface area contributed by atoms with Gasteiger partial charge in [-0.15, -0.1) is 13.2 Å². The van der Waals surface area contributed by atoms with Crippen LogP contribution in [0.15, 0.2) is 66.7 Å². The Labute approximate surface area is 153 Å². The topological polar surface area (TPSA) is 47.6 Å². The summed E-state index contributed by atoms with van der Waals surface area (Å²) in [6.07, 6.45) is -4.73. The zero-order valence-electron chi connectivity index (χ0n) is 14.1. The van der Waals surface area contributed by atoms with Crippen molar-refractivity contribution >= 4 is 16.7 Å². The molecule has 3 aromatic rings. The van der Waals surface area contributed by atoms with Crippen molar-refractivity contribution in [2.75, 3.05) is 6.61 Å². The highest BCUT2D eigenvalue weighted by atomic mass is 19.4. The average Bonchev–Trinajstić information content (AvgIpc) is 2.64. The molecule has 140 valence electrons. The third kappa shape index (κ3) is 5.64. The minimum atomic E-state index is -4.73. The van der Waals surface area contributed by atoms with Gasteiger partial charge in [-0.2, -0.15) is 0 Å². The first-order valence-corrected chi connectivity index (χ1v) is 8.12. The van der Waals surface area contributed by atoms with Crippen LogP contribution in [0.1, 0.15) is 5.56 Å². The Balaban J connectivity index is 1.47. The molecule has 0 saturated heterocycles. The molecule has 0 unspecified atom stereocenters. The summed E-state index contributed by atoms with van der Waals surface area (Å²) in [4.78, 5) is 11.9. The van der Waals surface area contributed by atoms with Gasteiger partial charge in [0.05, 0.1) is 0 Å². The van der Waals surface area contributed by atoms with E-state index in [-0.39, 0.29) is 24.8 Å². The molecule has 1 amide bonds. The maximum Gasteiger partial charge on any atom is 0.573 e. The van der Waals surface area contributed by atoms with Crippen molar-refractivity contribution in [3.8, 4) is 11.5 Å². The lowest BCUT2D eigenvalue weighted by Gasteiger charge is -2.10. The van der Waals surface area contributed by atoms with Gasteiger partial charge in [-0.05, 0) is 40.6 Å². The molecule has 0 bridgehead atoms. The fourth-order valence-electron chi connectivity index (χ4n) is 2.47. The SMILES string of the molecule is O=C(COc1ccc2ccccc2c1)NCc1ccc(OC(F)(F)F)cc1. The van der Waals surface area contributed by atoms with Crippen LogP contribution in [0.5, 0.6) is 11.5 Å². The number of carbonyl (C=O) groups excluding carboxylic acids is 1. The predicted molar refractivity (Wildman–Crippen MR) is 94.4 cm³/mol. The molecule has 7 heteroatoms. The minimum Gasteiger partial charge on any atom is -0.484 e. The van der Waals surface area contributed by atoms with Crippen molar-refractivity contribution in [3.63, 3.8) is 0 Å². The Morgan fingerprint density at radius 1 is 0.889 bits per heavy atom. The molecule has 0 saturated carbocycles. The van der Waals surface area contributed by atoms with Crippen LogP contribution in [0, 0.1) is 0 Å². The summed E-state index contributed by atoms with van der Waals surface area (Å²) in [6, 6.07) is 18.6. The van der Waals surface area contributed by atoms with Crippen molar-refractivity contribution in [2.24, 2.45) is 0 Å². The molecule has 0 atom stereocenters. The van der Waals surface area contributed by atoms with E-state index in [9.17, 15) is 18.0 Å². The number of hydrogen-bond donors (Lipinski definition) is 1. The Kier molecular flexibility index (Phi) is 5.49. The van der Waals surface area contributed by atoms with E-state index in [1.807, 2.05) is 36.4 Å². The summed E-state index contributed by atoms with van der Waals surface area (Å²) >= 11 is 0. The molecule has 0 spiro atoms. The zero-order valence-corrected chi connectivity index (χ0v) is 14.1. The number of rotatable bonds is 6. The summed E-state index contributed by atoms with van der Waals surface area (Å²) in [6.45, 7) is 0.0137. The highest BCUT2D eigenvalue weighted by Gasteiger charge is 2.30. The Hall–Kier alpha value is -3.22. The molecular weight excluding hydrogens is 359 g/mol. The van der Waals surface area contributed by atoms with E-state index in [2.05, 4.69) is 10.1 Å². The second-order valence-electron chi connectivity index (χ2n) is 5.77. The minimum absolute atomic E-state index is 0.159. The standard InChI is InChI=1S/C20H16F3NO3/c21-20(22,23)27-17-8-5-14(6-9-17)12-24-19(25)13-26-18-10-7-15-3-1-2-4-16(15)11-18/h1-11H,12-13H2,(H,24,25). The highest BCUT2D eigenvalue weighted by Crippen LogP contribution is 2.23. The molecule has 3 rings (SSSR count). The van der Waals surface area contributed by atoms with E-state index in [0.29, 0.717) is 11.3 Å². The van der Waals surface area contributed by atoms with E-state index in [4.69, 9.17) is 4.74 Å². The number of amides is 1. The number of halogens is 3. The Morgan fingerprint density at radius 3 is 2.26 bits per heavy atom. The number of fused-ring (bicyclic) bond motifs is 1. The van der Waals surface area contributed by atoms with Crippen LogP contribution >= 0.6 is 0 Å². The first-order chi connectivity index (χ1) is 12.9. The summed E-state index contributed by atoms with van der Waals surface area (Å²) < 4.78 is 45.6. The van der Waals surface area contributed by atoms with E-state index >= 15 is 0 Å². The lowest BCUT2D eigenvalue weighted by molar-refractivity contribution is -0.274. The molecule has 0 aliphatic rings. The molecular formula is C20H16F3NO3. The van der Waals surface area contributed by atoms with Crippen LogP contribution in [-0.4, -0.2) is 18.9 Å². The molecule has 0 fully saturated rings. The van der Waals surface area contributed by atoms with Gasteiger partial charge >= 0.3 is 6.36 Å². The van der Waals surface area contributed by atoms with Crippen molar-refractivity contribution in [3.05, 3.63) is 72.3 Å². The van der Waals surface area contributed by atoms with Gasteiger partial charge in [0.25, 0.3) is 5.91 Å². The van der Waals surface area contributed by atoms with Gasteiger partial charge in [0.2, 0.25) is 0 Å². The lowest BCUT2D eigenvalue weighted by Crippen LogP contribution is -2.28. The van der Waals surface area contributed by atoms with E-state index < -0.39 is 6.36 Å². The summed E-state index contributed by atoms with van der Waals surface area (Å²) in [5.41, 5.74) is 0.642. The predicted octanol–water partition coefficient (Wildman–Crippen LogP) is 4.43. The smallest absolute Gasteiger partial charge is 0.484 e. The van der Waals surface area contributed by atoms with Crippen LogP contribution in [0.4, 0.5) is 13.2 Å². The summed E-state index contributed by atoms with van der Waals surface area (Å²) in [5.74, 6) is -0.0616. The monoisotopic (exact) mass is 375 g/mol. The van der Waals surface area contributed by atoms with E-state index in [1.54, 1.807) is 6.07 Å². The lowest BCUT2D eigenvalue weighted by atomic mass is 10.1. The van der Waals surface area contributed by atoms with Crippen LogP contribution in [0.25, 0.3) is 10.8 Å². The van der Waals surface area contributed by atoms with Gasteiger partial charge in [-0.1, -0.05) is 42.5 Å². The number of nitrogens with one attached hydrogen (secondary N) is 1. The molecule has 4 nitrogen and oxygen atoms in total. The fourth-order valence-corrected chi connectivity index (χ4v) is 2.47. The normalized spacial score (nSPS) is 11.2. The van der Waals surface area contributed by atoms with Crippen molar-refractivity contribution in [1.29, 1.82) is 0 Å². The number of benzene rings is 3. The highest BCUT2D eigenvalue weighted by molar-refractivity contribution is 5.84. The third-order valence-electron chi connectivity index (χ3n) is 3.74. The quantitative estimate of drug-likeness (QED) is 0.693. The molecule has 0 aliphatic heterocycles. The number of hydrogen-bond acceptors (Lipinski definition) is 3. The number of ether oxygens (including phenoxy) is 2. The third-order valence-corrected chi connectivity index (χ3v) is 3.74. The van der Waals surface area contributed by atoms with Gasteiger partial charge in [-0.3, -0.25) is 4.79 Å². The average molecular weight is 375 g/mol. The van der Waals surface area contributed by atoms with Crippen LogP contribution in [0.3, 0.4) is 0 Å². The van der Waals surface area contributed by atoms with Crippen LogP contribution in [-0.2, 0) is 11.3 Å². The van der Waals surface area contributed by atoms with Crippen LogP contribution < -0.4 is 14.8 Å². The molecule has 27 heavy (non-hydrogen) atoms. The molecule has 1 N–H and O–H groups in total. The van der Waals surface area contributed by atoms with Crippen molar-refractivity contribution in [2.45, 2.75) is 12.9 Å². The summed E-state index contributed by atoms with van der Waals surface area (Å²) in [7, 11) is 0. The number of alkyl halides is 3. The Morgan fingerprint density at radius 2 is 1.56 bits per heavy atom. The van der Waals surface area contributed by atoms with Gasteiger partial charge in [0.15, 0.2) is 6.61 Å². The largest absolute Gasteiger partial charge is 0.573 e. The molecule has 0 aromatic heterocycles. The van der Waals surface area contributed by atoms with Gasteiger partial charge in [0.1, 0.15) is 11.5 Å². The van der Waals surface area contributed by atoms with E-state index in [0.717, 1.165) is 10.8 Å². The molecule has 0 aliphatic carbocycles. The fraction of sp³-hybridized carbons (Fsp3) is 0.150. The first-order valence-electron chi connectivity index (χ1n) is 8.12. The van der Waals surface area contributed by atoms with Gasteiger partial charge in [0, 0.05) is 6.54 Å². The second kappa shape index (κ2) is 7.99. The van der Waals surface area contributed by atoms with Gasteiger partial charge in [-0.25, -0.2) is 0 Å². The zero-order chi connectivity index (χ0) is 19.3. The summed E-state index contributed by atoms with van der Waals surface area (Å²) in [5, 5.41) is 4.73. The van der Waals surface area contributed by atoms with Crippen LogP contribution in [0.2, 0.25) is 0 Å². The molecule has 3 aromatic carbocycles. The van der Waals surface area contributed by atoms with E-state index in [1.165, 1.54) is 24.3 Å². The maximum absolute atomic E-state index is 12.1. The number of carbonyl (C=O) groups is 1. The van der Waals surface area contributed by atoms with Crippen molar-refractivity contribution in [1.82, 2.24) is 5.32 Å².